The van der Waals surface area contributed by atoms with Gasteiger partial charge in [0.1, 0.15) is 0 Å². The van der Waals surface area contributed by atoms with Crippen LogP contribution in [0.15, 0.2) is 54.6 Å². The van der Waals surface area contributed by atoms with E-state index in [1.807, 2.05) is 13.0 Å². The zero-order chi connectivity index (χ0) is 22.7. The van der Waals surface area contributed by atoms with Crippen LogP contribution in [0.3, 0.4) is 0 Å². The summed E-state index contributed by atoms with van der Waals surface area (Å²) in [6, 6.07) is 19.2. The van der Waals surface area contributed by atoms with Crippen molar-refractivity contribution in [2.45, 2.75) is 72.4 Å². The van der Waals surface area contributed by atoms with E-state index in [-0.39, 0.29) is 12.1 Å². The van der Waals surface area contributed by atoms with Gasteiger partial charge in [0.05, 0.1) is 0 Å². The Morgan fingerprint density at radius 3 is 2.41 bits per heavy atom. The Hall–Kier alpha value is -3.01. The fraction of sp³-hybridized carbons (Fsp3) is 0.393. The summed E-state index contributed by atoms with van der Waals surface area (Å²) in [5.41, 5.74) is 7.93. The molecule has 1 saturated carbocycles. The van der Waals surface area contributed by atoms with Crippen molar-refractivity contribution < 1.29 is 4.79 Å². The molecular weight excluding hydrogens is 394 g/mol. The number of aryl methyl sites for hydroxylation is 3. The first-order valence-corrected chi connectivity index (χ1v) is 11.8. The maximum atomic E-state index is 13.6. The molecule has 0 bridgehead atoms. The van der Waals surface area contributed by atoms with Crippen molar-refractivity contribution in [1.29, 1.82) is 0 Å². The lowest BCUT2D eigenvalue weighted by molar-refractivity contribution is 0.162. The van der Waals surface area contributed by atoms with E-state index in [1.54, 1.807) is 0 Å². The molecule has 1 aromatic heterocycles. The Labute approximate surface area is 192 Å². The van der Waals surface area contributed by atoms with Crippen molar-refractivity contribution >= 4 is 11.7 Å². The molecule has 1 N–H and O–H groups in total. The molecular formula is C28H35N3O. The van der Waals surface area contributed by atoms with Crippen molar-refractivity contribution in [1.82, 2.24) is 9.47 Å². The summed E-state index contributed by atoms with van der Waals surface area (Å²) in [5, 5.41) is 3.22. The molecule has 3 aromatic rings. The molecule has 32 heavy (non-hydrogen) atoms. The summed E-state index contributed by atoms with van der Waals surface area (Å²) >= 11 is 0. The highest BCUT2D eigenvalue weighted by atomic mass is 16.2. The Bertz CT molecular complexity index is 1080. The molecule has 2 amide bonds. The summed E-state index contributed by atoms with van der Waals surface area (Å²) in [4.78, 5) is 15.6. The number of hydrogen-bond donors (Lipinski definition) is 1. The maximum Gasteiger partial charge on any atom is 0.322 e. The quantitative estimate of drug-likeness (QED) is 0.462. The Morgan fingerprint density at radius 1 is 0.969 bits per heavy atom. The summed E-state index contributed by atoms with van der Waals surface area (Å²) in [6.07, 6.45) is 5.82. The second-order valence-electron chi connectivity index (χ2n) is 9.24. The Balaban J connectivity index is 1.63. The van der Waals surface area contributed by atoms with E-state index in [0.29, 0.717) is 6.54 Å². The van der Waals surface area contributed by atoms with Crippen LogP contribution in [0.25, 0.3) is 5.69 Å². The monoisotopic (exact) mass is 429 g/mol. The highest BCUT2D eigenvalue weighted by Gasteiger charge is 2.27. The average Bonchev–Trinajstić information content (AvgIpc) is 3.08. The molecule has 1 aliphatic carbocycles. The molecule has 1 fully saturated rings. The maximum absolute atomic E-state index is 13.6. The van der Waals surface area contributed by atoms with E-state index in [0.717, 1.165) is 35.3 Å². The number of nitrogens with zero attached hydrogens (tertiary/aromatic N) is 2. The third-order valence-corrected chi connectivity index (χ3v) is 6.80. The zero-order valence-electron chi connectivity index (χ0n) is 19.8. The minimum absolute atomic E-state index is 0.00936. The lowest BCUT2D eigenvalue weighted by atomic mass is 9.94. The van der Waals surface area contributed by atoms with E-state index in [1.165, 1.54) is 36.2 Å². The number of rotatable bonds is 5. The van der Waals surface area contributed by atoms with Crippen molar-refractivity contribution in [3.05, 3.63) is 82.7 Å². The largest absolute Gasteiger partial charge is 0.322 e. The minimum atomic E-state index is 0.00936. The Morgan fingerprint density at radius 2 is 1.69 bits per heavy atom. The first-order valence-electron chi connectivity index (χ1n) is 11.8. The van der Waals surface area contributed by atoms with Gasteiger partial charge in [0, 0.05) is 35.3 Å². The first kappa shape index (κ1) is 22.2. The topological polar surface area (TPSA) is 37.3 Å². The molecule has 0 spiro atoms. The van der Waals surface area contributed by atoms with Crippen molar-refractivity contribution in [3.8, 4) is 5.69 Å². The van der Waals surface area contributed by atoms with E-state index < -0.39 is 0 Å². The fourth-order valence-corrected chi connectivity index (χ4v) is 4.96. The van der Waals surface area contributed by atoms with Crippen molar-refractivity contribution in [2.24, 2.45) is 0 Å². The van der Waals surface area contributed by atoms with Gasteiger partial charge in [-0.2, -0.15) is 0 Å². The van der Waals surface area contributed by atoms with Gasteiger partial charge in [-0.05, 0) is 81.5 Å². The molecule has 1 heterocycles. The second-order valence-corrected chi connectivity index (χ2v) is 9.24. The number of anilines is 1. The van der Waals surface area contributed by atoms with E-state index >= 15 is 0 Å². The number of para-hydroxylation sites is 1. The SMILES string of the molecule is Cc1ccc(C)c(NC(=O)N(Cc2cc(C)n(-c3ccccc3)c2C)C2CCCCC2)c1. The van der Waals surface area contributed by atoms with Gasteiger partial charge in [-0.25, -0.2) is 4.79 Å². The van der Waals surface area contributed by atoms with Gasteiger partial charge >= 0.3 is 6.03 Å². The van der Waals surface area contributed by atoms with Gasteiger partial charge in [-0.1, -0.05) is 49.6 Å². The van der Waals surface area contributed by atoms with E-state index in [4.69, 9.17) is 0 Å². The van der Waals surface area contributed by atoms with Crippen LogP contribution in [-0.2, 0) is 6.54 Å². The highest BCUT2D eigenvalue weighted by Crippen LogP contribution is 2.28. The first-order chi connectivity index (χ1) is 15.4. The number of hydrogen-bond acceptors (Lipinski definition) is 1. The number of amides is 2. The van der Waals surface area contributed by atoms with Gasteiger partial charge in [0.15, 0.2) is 0 Å². The molecule has 4 heteroatoms. The molecule has 0 radical (unpaired) electrons. The Kier molecular flexibility index (Phi) is 6.69. The molecule has 0 unspecified atom stereocenters. The molecule has 168 valence electrons. The van der Waals surface area contributed by atoms with Crippen molar-refractivity contribution in [3.63, 3.8) is 0 Å². The molecule has 0 atom stereocenters. The third kappa shape index (κ3) is 4.74. The molecule has 1 aliphatic rings. The third-order valence-electron chi connectivity index (χ3n) is 6.80. The van der Waals surface area contributed by atoms with Gasteiger partial charge in [0.25, 0.3) is 0 Å². The zero-order valence-corrected chi connectivity index (χ0v) is 19.8. The number of urea groups is 1. The summed E-state index contributed by atoms with van der Waals surface area (Å²) in [7, 11) is 0. The van der Waals surface area contributed by atoms with Crippen LogP contribution in [0.2, 0.25) is 0 Å². The van der Waals surface area contributed by atoms with Crippen LogP contribution in [0.4, 0.5) is 10.5 Å². The summed E-state index contributed by atoms with van der Waals surface area (Å²) < 4.78 is 2.29. The second kappa shape index (κ2) is 9.64. The summed E-state index contributed by atoms with van der Waals surface area (Å²) in [5.74, 6) is 0. The predicted molar refractivity (Wildman–Crippen MR) is 133 cm³/mol. The van der Waals surface area contributed by atoms with E-state index in [2.05, 4.69) is 84.1 Å². The molecule has 0 aliphatic heterocycles. The number of aromatic nitrogens is 1. The van der Waals surface area contributed by atoms with Crippen LogP contribution in [-0.4, -0.2) is 21.5 Å². The number of benzene rings is 2. The van der Waals surface area contributed by atoms with Crippen LogP contribution in [0.5, 0.6) is 0 Å². The van der Waals surface area contributed by atoms with Gasteiger partial charge in [-0.15, -0.1) is 0 Å². The summed E-state index contributed by atoms with van der Waals surface area (Å²) in [6.45, 7) is 9.05. The average molecular weight is 430 g/mol. The molecule has 2 aromatic carbocycles. The molecule has 4 rings (SSSR count). The smallest absolute Gasteiger partial charge is 0.318 e. The number of carbonyl (C=O) groups excluding carboxylic acids is 1. The van der Waals surface area contributed by atoms with Gasteiger partial charge in [-0.3, -0.25) is 0 Å². The lowest BCUT2D eigenvalue weighted by Gasteiger charge is -2.34. The van der Waals surface area contributed by atoms with Crippen molar-refractivity contribution in [2.75, 3.05) is 5.32 Å². The standard InChI is InChI=1S/C28H35N3O/c1-20-15-16-21(2)27(17-20)29-28(32)30(25-11-7-5-8-12-25)19-24-18-22(3)31(23(24)4)26-13-9-6-10-14-26/h6,9-10,13-18,25H,5,7-8,11-12,19H2,1-4H3,(H,29,32). The van der Waals surface area contributed by atoms with Crippen LogP contribution in [0.1, 0.15) is 60.2 Å². The van der Waals surface area contributed by atoms with Crippen LogP contribution >= 0.6 is 0 Å². The highest BCUT2D eigenvalue weighted by molar-refractivity contribution is 5.90. The molecule has 4 nitrogen and oxygen atoms in total. The normalized spacial score (nSPS) is 14.4. The van der Waals surface area contributed by atoms with Gasteiger partial charge in [0.2, 0.25) is 0 Å². The lowest BCUT2D eigenvalue weighted by Crippen LogP contribution is -2.43. The number of nitrogens with one attached hydrogen (secondary N) is 1. The molecule has 0 saturated heterocycles. The van der Waals surface area contributed by atoms with E-state index in [9.17, 15) is 4.79 Å². The minimum Gasteiger partial charge on any atom is -0.318 e. The predicted octanol–water partition coefficient (Wildman–Crippen LogP) is 7.08. The fourth-order valence-electron chi connectivity index (χ4n) is 4.96. The number of carbonyl (C=O) groups is 1. The van der Waals surface area contributed by atoms with Gasteiger partial charge < -0.3 is 14.8 Å². The van der Waals surface area contributed by atoms with Crippen LogP contribution in [0, 0.1) is 27.7 Å². The van der Waals surface area contributed by atoms with Crippen LogP contribution < -0.4 is 5.32 Å².